The summed E-state index contributed by atoms with van der Waals surface area (Å²) in [6.45, 7) is 0. The first-order valence-electron chi connectivity index (χ1n) is 9.11. The predicted octanol–water partition coefficient (Wildman–Crippen LogP) is 3.38. The molecule has 0 atom stereocenters. The number of amides is 3. The molecule has 10 heteroatoms. The van der Waals surface area contributed by atoms with Gasteiger partial charge in [-0.25, -0.2) is 9.48 Å². The number of carbonyl (C=O) groups excluding carboxylic acids is 2. The standard InChI is InChI=1S/C19H19N7O2S/c27-17(12-29-19-23-24-25-26(19)16-10-11-16)20-14-6-8-15(9-7-14)22-18(28)21-13-4-2-1-3-5-13/h1-9,16H,10-12H2,(H,20,27)(H2,21,22,28). The van der Waals surface area contributed by atoms with E-state index in [-0.39, 0.29) is 17.7 Å². The van der Waals surface area contributed by atoms with Crippen molar-refractivity contribution < 1.29 is 9.59 Å². The van der Waals surface area contributed by atoms with E-state index in [0.29, 0.717) is 28.3 Å². The molecule has 3 aromatic rings. The molecule has 0 bridgehead atoms. The Kier molecular flexibility index (Phi) is 5.71. The maximum absolute atomic E-state index is 12.2. The summed E-state index contributed by atoms with van der Waals surface area (Å²) in [6, 6.07) is 16.1. The van der Waals surface area contributed by atoms with E-state index in [1.807, 2.05) is 18.2 Å². The maximum Gasteiger partial charge on any atom is 0.323 e. The Morgan fingerprint density at radius 3 is 2.21 bits per heavy atom. The molecular formula is C19H19N7O2S. The van der Waals surface area contributed by atoms with E-state index >= 15 is 0 Å². The first-order chi connectivity index (χ1) is 14.2. The number of hydrogen-bond acceptors (Lipinski definition) is 6. The molecule has 1 heterocycles. The van der Waals surface area contributed by atoms with Crippen LogP contribution < -0.4 is 16.0 Å². The second kappa shape index (κ2) is 8.74. The fourth-order valence-electron chi connectivity index (χ4n) is 2.61. The number of anilines is 3. The van der Waals surface area contributed by atoms with Crippen LogP contribution in [0, 0.1) is 0 Å². The van der Waals surface area contributed by atoms with Gasteiger partial charge in [0.05, 0.1) is 11.8 Å². The lowest BCUT2D eigenvalue weighted by molar-refractivity contribution is -0.113. The molecule has 148 valence electrons. The summed E-state index contributed by atoms with van der Waals surface area (Å²) >= 11 is 1.31. The average molecular weight is 409 g/mol. The first-order valence-corrected chi connectivity index (χ1v) is 10.1. The van der Waals surface area contributed by atoms with Crippen molar-refractivity contribution in [1.82, 2.24) is 20.2 Å². The summed E-state index contributed by atoms with van der Waals surface area (Å²) in [5.74, 6) is 0.0647. The molecule has 0 spiro atoms. The second-order valence-corrected chi connectivity index (χ2v) is 7.44. The molecule has 0 saturated heterocycles. The number of carbonyl (C=O) groups is 2. The van der Waals surface area contributed by atoms with Gasteiger partial charge in [-0.05, 0) is 59.7 Å². The molecule has 0 aliphatic heterocycles. The molecule has 1 aromatic heterocycles. The number of tetrazole rings is 1. The Bertz CT molecular complexity index is 987. The van der Waals surface area contributed by atoms with E-state index in [0.717, 1.165) is 12.8 Å². The van der Waals surface area contributed by atoms with E-state index in [4.69, 9.17) is 0 Å². The van der Waals surface area contributed by atoms with Gasteiger partial charge in [-0.1, -0.05) is 30.0 Å². The molecule has 1 aliphatic rings. The van der Waals surface area contributed by atoms with E-state index in [1.165, 1.54) is 11.8 Å². The van der Waals surface area contributed by atoms with E-state index in [9.17, 15) is 9.59 Å². The van der Waals surface area contributed by atoms with Crippen LogP contribution in [0.25, 0.3) is 0 Å². The Hall–Kier alpha value is -3.40. The Morgan fingerprint density at radius 2 is 1.55 bits per heavy atom. The molecule has 3 amide bonds. The van der Waals surface area contributed by atoms with Crippen molar-refractivity contribution in [2.75, 3.05) is 21.7 Å². The maximum atomic E-state index is 12.2. The highest BCUT2D eigenvalue weighted by Crippen LogP contribution is 2.36. The Morgan fingerprint density at radius 1 is 0.931 bits per heavy atom. The van der Waals surface area contributed by atoms with E-state index in [2.05, 4.69) is 31.5 Å². The van der Waals surface area contributed by atoms with Crippen LogP contribution in [-0.4, -0.2) is 37.9 Å². The molecule has 2 aromatic carbocycles. The zero-order valence-electron chi connectivity index (χ0n) is 15.4. The van der Waals surface area contributed by atoms with Crippen LogP contribution >= 0.6 is 11.8 Å². The zero-order chi connectivity index (χ0) is 20.1. The third-order valence-corrected chi connectivity index (χ3v) is 5.08. The smallest absolute Gasteiger partial charge is 0.323 e. The van der Waals surface area contributed by atoms with Crippen LogP contribution in [0.3, 0.4) is 0 Å². The van der Waals surface area contributed by atoms with Gasteiger partial charge in [0.2, 0.25) is 11.1 Å². The van der Waals surface area contributed by atoms with Gasteiger partial charge in [0.25, 0.3) is 0 Å². The molecule has 1 saturated carbocycles. The number of hydrogen-bond donors (Lipinski definition) is 3. The summed E-state index contributed by atoms with van der Waals surface area (Å²) in [7, 11) is 0. The lowest BCUT2D eigenvalue weighted by Crippen LogP contribution is -2.19. The zero-order valence-corrected chi connectivity index (χ0v) is 16.2. The second-order valence-electron chi connectivity index (χ2n) is 6.50. The van der Waals surface area contributed by atoms with Gasteiger partial charge >= 0.3 is 6.03 Å². The van der Waals surface area contributed by atoms with Crippen LogP contribution in [0.4, 0.5) is 21.9 Å². The van der Waals surface area contributed by atoms with E-state index in [1.54, 1.807) is 41.1 Å². The van der Waals surface area contributed by atoms with Crippen LogP contribution in [0.5, 0.6) is 0 Å². The van der Waals surface area contributed by atoms with Gasteiger partial charge in [-0.2, -0.15) is 0 Å². The summed E-state index contributed by atoms with van der Waals surface area (Å²) in [5.41, 5.74) is 1.97. The molecule has 0 radical (unpaired) electrons. The van der Waals surface area contributed by atoms with Crippen molar-refractivity contribution in [2.45, 2.75) is 24.0 Å². The van der Waals surface area contributed by atoms with Crippen molar-refractivity contribution in [2.24, 2.45) is 0 Å². The SMILES string of the molecule is O=C(CSc1nnnn1C1CC1)Nc1ccc(NC(=O)Nc2ccccc2)cc1. The highest BCUT2D eigenvalue weighted by Gasteiger charge is 2.28. The van der Waals surface area contributed by atoms with Crippen molar-refractivity contribution >= 4 is 40.8 Å². The lowest BCUT2D eigenvalue weighted by Gasteiger charge is -2.09. The molecule has 3 N–H and O–H groups in total. The van der Waals surface area contributed by atoms with Crippen molar-refractivity contribution in [3.8, 4) is 0 Å². The van der Waals surface area contributed by atoms with Gasteiger partial charge < -0.3 is 16.0 Å². The summed E-state index contributed by atoms with van der Waals surface area (Å²) < 4.78 is 1.78. The van der Waals surface area contributed by atoms with Crippen molar-refractivity contribution in [1.29, 1.82) is 0 Å². The number of para-hydroxylation sites is 1. The van der Waals surface area contributed by atoms with Crippen LogP contribution in [0.15, 0.2) is 59.8 Å². The topological polar surface area (TPSA) is 114 Å². The fourth-order valence-corrected chi connectivity index (χ4v) is 3.35. The molecule has 1 fully saturated rings. The van der Waals surface area contributed by atoms with E-state index < -0.39 is 0 Å². The largest absolute Gasteiger partial charge is 0.325 e. The highest BCUT2D eigenvalue weighted by atomic mass is 32.2. The Balaban J connectivity index is 1.25. The number of benzene rings is 2. The van der Waals surface area contributed by atoms with Crippen molar-refractivity contribution in [3.05, 3.63) is 54.6 Å². The minimum absolute atomic E-state index is 0.150. The molecule has 1 aliphatic carbocycles. The monoisotopic (exact) mass is 409 g/mol. The minimum Gasteiger partial charge on any atom is -0.325 e. The quantitative estimate of drug-likeness (QED) is 0.516. The third kappa shape index (κ3) is 5.32. The minimum atomic E-state index is -0.335. The predicted molar refractivity (Wildman–Crippen MR) is 111 cm³/mol. The number of nitrogens with zero attached hydrogens (tertiary/aromatic N) is 4. The average Bonchev–Trinajstić information content (AvgIpc) is 3.46. The summed E-state index contributed by atoms with van der Waals surface area (Å²) in [6.07, 6.45) is 2.16. The van der Waals surface area contributed by atoms with Gasteiger partial charge in [-0.3, -0.25) is 4.79 Å². The summed E-state index contributed by atoms with van der Waals surface area (Å²) in [4.78, 5) is 24.2. The molecule has 9 nitrogen and oxygen atoms in total. The molecule has 29 heavy (non-hydrogen) atoms. The number of thioether (sulfide) groups is 1. The lowest BCUT2D eigenvalue weighted by atomic mass is 10.3. The van der Waals surface area contributed by atoms with Crippen LogP contribution in [0.1, 0.15) is 18.9 Å². The third-order valence-electron chi connectivity index (χ3n) is 4.15. The highest BCUT2D eigenvalue weighted by molar-refractivity contribution is 7.99. The number of rotatable bonds is 7. The number of aromatic nitrogens is 4. The molecule has 0 unspecified atom stereocenters. The Labute approximate surface area is 171 Å². The number of urea groups is 1. The van der Waals surface area contributed by atoms with Crippen LogP contribution in [-0.2, 0) is 4.79 Å². The van der Waals surface area contributed by atoms with Crippen molar-refractivity contribution in [3.63, 3.8) is 0 Å². The fraction of sp³-hybridized carbons (Fsp3) is 0.211. The molecular weight excluding hydrogens is 390 g/mol. The number of nitrogens with one attached hydrogen (secondary N) is 3. The van der Waals surface area contributed by atoms with Gasteiger partial charge in [0.1, 0.15) is 0 Å². The normalized spacial score (nSPS) is 13.0. The van der Waals surface area contributed by atoms with Gasteiger partial charge in [-0.15, -0.1) is 5.10 Å². The van der Waals surface area contributed by atoms with Gasteiger partial charge in [0, 0.05) is 17.1 Å². The van der Waals surface area contributed by atoms with Gasteiger partial charge in [0.15, 0.2) is 0 Å². The molecule has 4 rings (SSSR count). The van der Waals surface area contributed by atoms with Crippen LogP contribution in [0.2, 0.25) is 0 Å². The first kappa shape index (κ1) is 18.9. The summed E-state index contributed by atoms with van der Waals surface area (Å²) in [5, 5.41) is 20.6.